The highest BCUT2D eigenvalue weighted by molar-refractivity contribution is 5.92. The fourth-order valence-corrected chi connectivity index (χ4v) is 1.19. The molecular formula is C11H17N3O2. The molecule has 0 bridgehead atoms. The first-order valence-electron chi connectivity index (χ1n) is 5.15. The Kier molecular flexibility index (Phi) is 4.44. The molecule has 1 aromatic carbocycles. The lowest BCUT2D eigenvalue weighted by Gasteiger charge is -2.10. The SMILES string of the molecule is CCCNC(=O)Nc1ccc(OC)cc1N. The van der Waals surface area contributed by atoms with E-state index in [1.54, 1.807) is 25.3 Å². The first-order chi connectivity index (χ1) is 7.67. The molecule has 0 fully saturated rings. The van der Waals surface area contributed by atoms with E-state index in [0.29, 0.717) is 23.7 Å². The van der Waals surface area contributed by atoms with Crippen LogP contribution in [0.3, 0.4) is 0 Å². The van der Waals surface area contributed by atoms with Gasteiger partial charge in [-0.2, -0.15) is 0 Å². The second-order valence-electron chi connectivity index (χ2n) is 3.33. The Labute approximate surface area is 95.0 Å². The Morgan fingerprint density at radius 1 is 1.50 bits per heavy atom. The van der Waals surface area contributed by atoms with E-state index in [2.05, 4.69) is 10.6 Å². The number of hydrogen-bond acceptors (Lipinski definition) is 3. The summed E-state index contributed by atoms with van der Waals surface area (Å²) in [6.45, 7) is 2.63. The molecule has 4 N–H and O–H groups in total. The summed E-state index contributed by atoms with van der Waals surface area (Å²) in [6, 6.07) is 4.86. The number of carbonyl (C=O) groups excluding carboxylic acids is 1. The van der Waals surface area contributed by atoms with Crippen LogP contribution in [0.2, 0.25) is 0 Å². The summed E-state index contributed by atoms with van der Waals surface area (Å²) >= 11 is 0. The number of ether oxygens (including phenoxy) is 1. The normalized spacial score (nSPS) is 9.62. The van der Waals surface area contributed by atoms with Crippen LogP contribution in [0.4, 0.5) is 16.2 Å². The highest BCUT2D eigenvalue weighted by atomic mass is 16.5. The number of methoxy groups -OCH3 is 1. The van der Waals surface area contributed by atoms with Gasteiger partial charge in [0.1, 0.15) is 5.75 Å². The van der Waals surface area contributed by atoms with Gasteiger partial charge in [-0.15, -0.1) is 0 Å². The van der Waals surface area contributed by atoms with Gasteiger partial charge in [-0.25, -0.2) is 4.79 Å². The molecule has 16 heavy (non-hydrogen) atoms. The zero-order valence-electron chi connectivity index (χ0n) is 9.54. The molecule has 0 aromatic heterocycles. The summed E-state index contributed by atoms with van der Waals surface area (Å²) in [5.74, 6) is 0.664. The molecule has 88 valence electrons. The maximum atomic E-state index is 11.4. The fraction of sp³-hybridized carbons (Fsp3) is 0.364. The lowest BCUT2D eigenvalue weighted by molar-refractivity contribution is 0.252. The van der Waals surface area contributed by atoms with E-state index in [0.717, 1.165) is 6.42 Å². The minimum atomic E-state index is -0.251. The van der Waals surface area contributed by atoms with Gasteiger partial charge in [0.25, 0.3) is 0 Å². The average molecular weight is 223 g/mol. The number of nitrogen functional groups attached to an aromatic ring is 1. The molecule has 0 aliphatic rings. The maximum absolute atomic E-state index is 11.4. The lowest BCUT2D eigenvalue weighted by atomic mass is 10.2. The molecule has 1 aromatic rings. The largest absolute Gasteiger partial charge is 0.497 e. The van der Waals surface area contributed by atoms with Gasteiger partial charge in [0.15, 0.2) is 0 Å². The number of nitrogens with one attached hydrogen (secondary N) is 2. The van der Waals surface area contributed by atoms with Gasteiger partial charge in [-0.1, -0.05) is 6.92 Å². The molecule has 0 unspecified atom stereocenters. The van der Waals surface area contributed by atoms with Gasteiger partial charge in [0.05, 0.1) is 18.5 Å². The van der Waals surface area contributed by atoms with Crippen LogP contribution in [-0.4, -0.2) is 19.7 Å². The molecule has 0 heterocycles. The smallest absolute Gasteiger partial charge is 0.319 e. The van der Waals surface area contributed by atoms with Crippen molar-refractivity contribution in [1.29, 1.82) is 0 Å². The predicted molar refractivity (Wildman–Crippen MR) is 64.7 cm³/mol. The third-order valence-electron chi connectivity index (χ3n) is 2.04. The Morgan fingerprint density at radius 2 is 2.25 bits per heavy atom. The van der Waals surface area contributed by atoms with Crippen molar-refractivity contribution in [2.75, 3.05) is 24.7 Å². The van der Waals surface area contributed by atoms with Crippen molar-refractivity contribution >= 4 is 17.4 Å². The second-order valence-corrected chi connectivity index (χ2v) is 3.33. The highest BCUT2D eigenvalue weighted by Gasteiger charge is 2.04. The van der Waals surface area contributed by atoms with Gasteiger partial charge in [-0.3, -0.25) is 0 Å². The van der Waals surface area contributed by atoms with Crippen LogP contribution in [0.25, 0.3) is 0 Å². The van der Waals surface area contributed by atoms with Crippen molar-refractivity contribution in [3.05, 3.63) is 18.2 Å². The summed E-state index contributed by atoms with van der Waals surface area (Å²) < 4.78 is 5.01. The monoisotopic (exact) mass is 223 g/mol. The minimum absolute atomic E-state index is 0.251. The van der Waals surface area contributed by atoms with Crippen LogP contribution in [0.15, 0.2) is 18.2 Å². The van der Waals surface area contributed by atoms with Gasteiger partial charge < -0.3 is 21.1 Å². The number of benzene rings is 1. The standard InChI is InChI=1S/C11H17N3O2/c1-3-6-13-11(15)14-10-5-4-8(16-2)7-9(10)12/h4-5,7H,3,6,12H2,1-2H3,(H2,13,14,15). The zero-order chi connectivity index (χ0) is 12.0. The first-order valence-corrected chi connectivity index (χ1v) is 5.15. The summed E-state index contributed by atoms with van der Waals surface area (Å²) in [4.78, 5) is 11.4. The topological polar surface area (TPSA) is 76.4 Å². The Bertz CT molecular complexity index is 366. The van der Waals surface area contributed by atoms with Crippen LogP contribution in [0.5, 0.6) is 5.75 Å². The molecule has 0 aliphatic carbocycles. The van der Waals surface area contributed by atoms with E-state index in [1.807, 2.05) is 6.92 Å². The van der Waals surface area contributed by atoms with Gasteiger partial charge in [-0.05, 0) is 18.6 Å². The zero-order valence-corrected chi connectivity index (χ0v) is 9.54. The molecule has 0 saturated carbocycles. The molecule has 1 rings (SSSR count). The van der Waals surface area contributed by atoms with E-state index >= 15 is 0 Å². The molecule has 2 amide bonds. The van der Waals surface area contributed by atoms with E-state index in [9.17, 15) is 4.79 Å². The van der Waals surface area contributed by atoms with Gasteiger partial charge in [0.2, 0.25) is 0 Å². The van der Waals surface area contributed by atoms with Crippen molar-refractivity contribution in [2.24, 2.45) is 0 Å². The van der Waals surface area contributed by atoms with E-state index in [1.165, 1.54) is 0 Å². The van der Waals surface area contributed by atoms with Crippen LogP contribution in [-0.2, 0) is 0 Å². The third kappa shape index (κ3) is 3.34. The van der Waals surface area contributed by atoms with Gasteiger partial charge in [0, 0.05) is 12.6 Å². The summed E-state index contributed by atoms with van der Waals surface area (Å²) in [7, 11) is 1.57. The quantitative estimate of drug-likeness (QED) is 0.681. The van der Waals surface area contributed by atoms with Crippen molar-refractivity contribution in [3.8, 4) is 5.75 Å². The number of urea groups is 1. The van der Waals surface area contributed by atoms with E-state index in [-0.39, 0.29) is 6.03 Å². The molecule has 0 radical (unpaired) electrons. The third-order valence-corrected chi connectivity index (χ3v) is 2.04. The van der Waals surface area contributed by atoms with Crippen LogP contribution in [0.1, 0.15) is 13.3 Å². The van der Waals surface area contributed by atoms with E-state index < -0.39 is 0 Å². The molecule has 0 atom stereocenters. The molecule has 5 nitrogen and oxygen atoms in total. The summed E-state index contributed by atoms with van der Waals surface area (Å²) in [5, 5.41) is 5.37. The number of hydrogen-bond donors (Lipinski definition) is 3. The lowest BCUT2D eigenvalue weighted by Crippen LogP contribution is -2.29. The van der Waals surface area contributed by atoms with Crippen LogP contribution in [0, 0.1) is 0 Å². The fourth-order valence-electron chi connectivity index (χ4n) is 1.19. The molecular weight excluding hydrogens is 206 g/mol. The number of anilines is 2. The summed E-state index contributed by atoms with van der Waals surface area (Å²) in [6.07, 6.45) is 0.894. The maximum Gasteiger partial charge on any atom is 0.319 e. The summed E-state index contributed by atoms with van der Waals surface area (Å²) in [5.41, 5.74) is 6.81. The number of nitrogens with two attached hydrogens (primary N) is 1. The predicted octanol–water partition coefficient (Wildman–Crippen LogP) is 1.81. The second kappa shape index (κ2) is 5.85. The average Bonchev–Trinajstić information content (AvgIpc) is 2.29. The van der Waals surface area contributed by atoms with Crippen LogP contribution >= 0.6 is 0 Å². The minimum Gasteiger partial charge on any atom is -0.497 e. The van der Waals surface area contributed by atoms with E-state index in [4.69, 9.17) is 10.5 Å². The molecule has 0 spiro atoms. The van der Waals surface area contributed by atoms with Crippen molar-refractivity contribution < 1.29 is 9.53 Å². The van der Waals surface area contributed by atoms with Crippen molar-refractivity contribution in [1.82, 2.24) is 5.32 Å². The highest BCUT2D eigenvalue weighted by Crippen LogP contribution is 2.23. The number of carbonyl (C=O) groups is 1. The first kappa shape index (κ1) is 12.2. The molecule has 5 heteroatoms. The van der Waals surface area contributed by atoms with Gasteiger partial charge >= 0.3 is 6.03 Å². The van der Waals surface area contributed by atoms with Crippen molar-refractivity contribution in [3.63, 3.8) is 0 Å². The molecule has 0 aliphatic heterocycles. The Balaban J connectivity index is 2.63. The number of rotatable bonds is 4. The molecule has 0 saturated heterocycles. The van der Waals surface area contributed by atoms with Crippen molar-refractivity contribution in [2.45, 2.75) is 13.3 Å². The number of amides is 2. The van der Waals surface area contributed by atoms with Crippen LogP contribution < -0.4 is 21.1 Å². The Morgan fingerprint density at radius 3 is 2.81 bits per heavy atom. The Hall–Kier alpha value is -1.91.